The number of nitrogens with zero attached hydrogens (tertiary/aromatic N) is 4. The number of hydrazone groups is 1. The van der Waals surface area contributed by atoms with E-state index in [-0.39, 0.29) is 35.0 Å². The van der Waals surface area contributed by atoms with E-state index in [9.17, 15) is 27.6 Å². The predicted octanol–water partition coefficient (Wildman–Crippen LogP) is 4.61. The van der Waals surface area contributed by atoms with Gasteiger partial charge in [0.2, 0.25) is 18.2 Å². The quantitative estimate of drug-likeness (QED) is 0.108. The van der Waals surface area contributed by atoms with E-state index in [0.717, 1.165) is 5.01 Å². The molecule has 0 heterocycles. The number of nitrogen functional groups attached to an aromatic ring is 1. The molecule has 0 saturated carbocycles. The number of ether oxygens (including phenoxy) is 1. The molecule has 3 aromatic rings. The molecule has 0 aliphatic carbocycles. The highest BCUT2D eigenvalue weighted by Gasteiger charge is 2.34. The predicted molar refractivity (Wildman–Crippen MR) is 158 cm³/mol. The lowest BCUT2D eigenvalue weighted by Crippen LogP contribution is -2.26. The van der Waals surface area contributed by atoms with Crippen LogP contribution in [0.1, 0.15) is 45.7 Å². The summed E-state index contributed by atoms with van der Waals surface area (Å²) in [6.45, 7) is 3.41. The molecule has 43 heavy (non-hydrogen) atoms. The molecular formula is C29H30F3N7O4. The first-order chi connectivity index (χ1) is 20.2. The number of carbonyl (C=O) groups is 3. The van der Waals surface area contributed by atoms with Gasteiger partial charge >= 0.3 is 6.18 Å². The average molecular weight is 598 g/mol. The molecule has 0 spiro atoms. The number of alkyl halides is 3. The summed E-state index contributed by atoms with van der Waals surface area (Å²) in [5.41, 5.74) is 10.5. The third-order valence-electron chi connectivity index (χ3n) is 6.05. The topological polar surface area (TPSA) is 156 Å². The molecule has 14 heteroatoms. The van der Waals surface area contributed by atoms with Crippen molar-refractivity contribution in [2.24, 2.45) is 15.8 Å². The molecule has 5 N–H and O–H groups in total. The summed E-state index contributed by atoms with van der Waals surface area (Å²) in [7, 11) is 3.24. The molecule has 0 aliphatic rings. The molecule has 0 radical (unpaired) electrons. The number of nitrogens with one attached hydrogen (secondary N) is 1. The van der Waals surface area contributed by atoms with Crippen LogP contribution in [-0.4, -0.2) is 55.7 Å². The van der Waals surface area contributed by atoms with Crippen molar-refractivity contribution in [3.63, 3.8) is 0 Å². The first-order valence-corrected chi connectivity index (χ1v) is 12.8. The van der Waals surface area contributed by atoms with Crippen molar-refractivity contribution in [1.29, 1.82) is 0 Å². The summed E-state index contributed by atoms with van der Waals surface area (Å²) in [5.74, 6) is -1.36. The van der Waals surface area contributed by atoms with E-state index in [1.54, 1.807) is 50.1 Å². The van der Waals surface area contributed by atoms with Crippen LogP contribution in [-0.2, 0) is 15.7 Å². The van der Waals surface area contributed by atoms with Gasteiger partial charge in [-0.1, -0.05) is 6.07 Å². The SMILES string of the molecule is CCOC(=Nc1ccc(N(C)/C(C)=N\N(C)C=O)cc1)c1c(N)cc(C(F)(F)F)cc1C(=O)Nc1cccc(C(N)=O)c1. The van der Waals surface area contributed by atoms with Gasteiger partial charge in [-0.25, -0.2) is 10.0 Å². The lowest BCUT2D eigenvalue weighted by atomic mass is 9.99. The Balaban J connectivity index is 2.09. The number of carbonyl (C=O) groups excluding carboxylic acids is 3. The van der Waals surface area contributed by atoms with Crippen LogP contribution >= 0.6 is 0 Å². The number of halogens is 3. The number of aliphatic imine (C=N–C) groups is 1. The van der Waals surface area contributed by atoms with Gasteiger partial charge in [0.05, 0.1) is 29.0 Å². The van der Waals surface area contributed by atoms with E-state index < -0.39 is 29.1 Å². The fourth-order valence-corrected chi connectivity index (χ4v) is 3.87. The van der Waals surface area contributed by atoms with Crippen LogP contribution in [0, 0.1) is 0 Å². The lowest BCUT2D eigenvalue weighted by molar-refractivity contribution is -0.137. The number of anilines is 3. The van der Waals surface area contributed by atoms with Crippen molar-refractivity contribution in [3.05, 3.63) is 82.9 Å². The number of hydrogen-bond donors (Lipinski definition) is 3. The third-order valence-corrected chi connectivity index (χ3v) is 6.05. The van der Waals surface area contributed by atoms with Crippen molar-refractivity contribution in [2.75, 3.05) is 36.7 Å². The van der Waals surface area contributed by atoms with E-state index in [4.69, 9.17) is 16.2 Å². The van der Waals surface area contributed by atoms with E-state index in [2.05, 4.69) is 15.4 Å². The standard InChI is InChI=1S/C29H30F3N7O4/c1-5-43-28(36-20-9-11-22(12-10-20)39(4)17(2)37-38(3)16-40)25-23(14-19(15-24(25)33)29(30,31)32)27(42)35-21-8-6-7-18(13-21)26(34)41/h6-16H,5,33H2,1-4H3,(H2,34,41)(H,35,42)/b36-28?,37-17-. The number of nitrogens with two attached hydrogens (primary N) is 2. The number of primary amides is 1. The van der Waals surface area contributed by atoms with Crippen molar-refractivity contribution in [1.82, 2.24) is 5.01 Å². The minimum Gasteiger partial charge on any atom is -0.477 e. The Kier molecular flexibility index (Phi) is 10.1. The number of amidine groups is 1. The first kappa shape index (κ1) is 32.1. The Bertz CT molecular complexity index is 1570. The number of benzene rings is 3. The Labute approximate surface area is 245 Å². The van der Waals surface area contributed by atoms with Gasteiger partial charge in [-0.15, -0.1) is 0 Å². The third kappa shape index (κ3) is 8.09. The first-order valence-electron chi connectivity index (χ1n) is 12.8. The van der Waals surface area contributed by atoms with Crippen molar-refractivity contribution in [2.45, 2.75) is 20.0 Å². The van der Waals surface area contributed by atoms with Gasteiger partial charge in [-0.05, 0) is 68.4 Å². The molecule has 0 unspecified atom stereocenters. The summed E-state index contributed by atoms with van der Waals surface area (Å²) in [5, 5.41) is 7.72. The molecule has 11 nitrogen and oxygen atoms in total. The van der Waals surface area contributed by atoms with Crippen molar-refractivity contribution in [3.8, 4) is 0 Å². The Hall–Kier alpha value is -5.40. The second-order valence-electron chi connectivity index (χ2n) is 9.14. The summed E-state index contributed by atoms with van der Waals surface area (Å²) in [6.07, 6.45) is -4.25. The highest BCUT2D eigenvalue weighted by molar-refractivity contribution is 6.15. The Morgan fingerprint density at radius 1 is 1.07 bits per heavy atom. The Morgan fingerprint density at radius 3 is 2.33 bits per heavy atom. The van der Waals surface area contributed by atoms with Gasteiger partial charge in [0.15, 0.2) is 0 Å². The van der Waals surface area contributed by atoms with Crippen molar-refractivity contribution < 1.29 is 32.3 Å². The van der Waals surface area contributed by atoms with Crippen LogP contribution in [0.2, 0.25) is 0 Å². The summed E-state index contributed by atoms with van der Waals surface area (Å²) in [4.78, 5) is 42.0. The van der Waals surface area contributed by atoms with E-state index in [0.29, 0.717) is 35.8 Å². The summed E-state index contributed by atoms with van der Waals surface area (Å²) >= 11 is 0. The molecule has 226 valence electrons. The maximum absolute atomic E-state index is 13.7. The smallest absolute Gasteiger partial charge is 0.416 e. The van der Waals surface area contributed by atoms with Crippen LogP contribution in [0.25, 0.3) is 0 Å². The van der Waals surface area contributed by atoms with Gasteiger partial charge in [-0.2, -0.15) is 18.3 Å². The molecule has 0 bridgehead atoms. The van der Waals surface area contributed by atoms with Gasteiger partial charge in [-0.3, -0.25) is 14.4 Å². The fraction of sp³-hybridized carbons (Fsp3) is 0.207. The van der Waals surface area contributed by atoms with Gasteiger partial charge in [0.25, 0.3) is 5.91 Å². The molecule has 0 aromatic heterocycles. The van der Waals surface area contributed by atoms with E-state index in [1.807, 2.05) is 0 Å². The van der Waals surface area contributed by atoms with E-state index >= 15 is 0 Å². The van der Waals surface area contributed by atoms with Crippen LogP contribution in [0.15, 0.2) is 70.8 Å². The molecule has 3 amide bonds. The highest BCUT2D eigenvalue weighted by atomic mass is 19.4. The average Bonchev–Trinajstić information content (AvgIpc) is 2.96. The zero-order chi connectivity index (χ0) is 31.9. The maximum atomic E-state index is 13.7. The zero-order valence-corrected chi connectivity index (χ0v) is 23.8. The highest BCUT2D eigenvalue weighted by Crippen LogP contribution is 2.34. The number of rotatable bonds is 9. The number of hydrogen-bond acceptors (Lipinski definition) is 7. The second kappa shape index (κ2) is 13.5. The van der Waals surface area contributed by atoms with Gasteiger partial charge < -0.3 is 26.4 Å². The van der Waals surface area contributed by atoms with Gasteiger partial charge in [0.1, 0.15) is 5.84 Å². The molecule has 3 rings (SSSR count). The monoisotopic (exact) mass is 597 g/mol. The van der Waals surface area contributed by atoms with Crippen LogP contribution < -0.4 is 21.7 Å². The van der Waals surface area contributed by atoms with Gasteiger partial charge in [0, 0.05) is 36.7 Å². The molecule has 0 atom stereocenters. The maximum Gasteiger partial charge on any atom is 0.416 e. The second-order valence-corrected chi connectivity index (χ2v) is 9.14. The minimum absolute atomic E-state index is 0.0573. The molecular weight excluding hydrogens is 567 g/mol. The minimum atomic E-state index is -4.81. The largest absolute Gasteiger partial charge is 0.477 e. The molecule has 0 saturated heterocycles. The molecule has 3 aromatic carbocycles. The zero-order valence-electron chi connectivity index (χ0n) is 23.8. The summed E-state index contributed by atoms with van der Waals surface area (Å²) < 4.78 is 46.9. The normalized spacial score (nSPS) is 12.0. The van der Waals surface area contributed by atoms with E-state index in [1.165, 1.54) is 31.3 Å². The van der Waals surface area contributed by atoms with Crippen LogP contribution in [0.3, 0.4) is 0 Å². The number of amides is 3. The Morgan fingerprint density at radius 2 is 1.74 bits per heavy atom. The molecule has 0 fully saturated rings. The van der Waals surface area contributed by atoms with Crippen molar-refractivity contribution >= 4 is 52.7 Å². The molecule has 0 aliphatic heterocycles. The van der Waals surface area contributed by atoms with Crippen LogP contribution in [0.4, 0.5) is 35.9 Å². The van der Waals surface area contributed by atoms with Crippen LogP contribution in [0.5, 0.6) is 0 Å². The lowest BCUT2D eigenvalue weighted by Gasteiger charge is -2.20. The fourth-order valence-electron chi connectivity index (χ4n) is 3.87. The summed E-state index contributed by atoms with van der Waals surface area (Å²) in [6, 6.07) is 13.6.